The summed E-state index contributed by atoms with van der Waals surface area (Å²) in [6.45, 7) is 0. The van der Waals surface area contributed by atoms with Gasteiger partial charge < -0.3 is 15.6 Å². The van der Waals surface area contributed by atoms with Crippen LogP contribution in [-0.2, 0) is 0 Å². The van der Waals surface area contributed by atoms with Gasteiger partial charge >= 0.3 is 0 Å². The van der Waals surface area contributed by atoms with E-state index in [1.807, 2.05) is 25.1 Å². The average molecular weight is 259 g/mol. The first-order chi connectivity index (χ1) is 9.13. The van der Waals surface area contributed by atoms with Crippen LogP contribution in [0.3, 0.4) is 0 Å². The fraction of sp³-hybridized carbons (Fsp3) is 0.571. The fourth-order valence-corrected chi connectivity index (χ4v) is 2.74. The molecule has 3 rings (SSSR count). The Morgan fingerprint density at radius 3 is 2.58 bits per heavy atom. The third-order valence-electron chi connectivity index (χ3n) is 3.97. The van der Waals surface area contributed by atoms with Crippen molar-refractivity contribution in [2.24, 2.45) is 5.73 Å². The summed E-state index contributed by atoms with van der Waals surface area (Å²) >= 11 is 0. The number of anilines is 1. The predicted molar refractivity (Wildman–Crippen MR) is 77.4 cm³/mol. The number of hydrogen-bond donors (Lipinski definition) is 2. The number of pyridine rings is 1. The third-order valence-corrected chi connectivity index (χ3v) is 3.97. The molecule has 102 valence electrons. The molecule has 0 aromatic carbocycles. The SMILES string of the molecule is CN(C)c1ccc2[nH]c(C3CCC(N)CC3)nc2n1. The number of imidazole rings is 1. The van der Waals surface area contributed by atoms with Gasteiger partial charge in [-0.25, -0.2) is 9.97 Å². The first-order valence-corrected chi connectivity index (χ1v) is 6.93. The summed E-state index contributed by atoms with van der Waals surface area (Å²) in [6.07, 6.45) is 4.44. The van der Waals surface area contributed by atoms with Crippen molar-refractivity contribution in [2.75, 3.05) is 19.0 Å². The molecule has 2 aromatic heterocycles. The summed E-state index contributed by atoms with van der Waals surface area (Å²) in [4.78, 5) is 14.6. The van der Waals surface area contributed by atoms with Crippen molar-refractivity contribution in [1.29, 1.82) is 0 Å². The summed E-state index contributed by atoms with van der Waals surface area (Å²) in [7, 11) is 3.98. The van der Waals surface area contributed by atoms with E-state index in [1.165, 1.54) is 0 Å². The van der Waals surface area contributed by atoms with Gasteiger partial charge in [0.1, 0.15) is 11.6 Å². The van der Waals surface area contributed by atoms with Gasteiger partial charge in [-0.3, -0.25) is 0 Å². The smallest absolute Gasteiger partial charge is 0.179 e. The normalized spacial score (nSPS) is 23.7. The molecule has 0 amide bonds. The monoisotopic (exact) mass is 259 g/mol. The van der Waals surface area contributed by atoms with Gasteiger partial charge in [0.2, 0.25) is 0 Å². The van der Waals surface area contributed by atoms with Gasteiger partial charge in [-0.05, 0) is 37.8 Å². The van der Waals surface area contributed by atoms with Crippen LogP contribution in [0.25, 0.3) is 11.2 Å². The lowest BCUT2D eigenvalue weighted by Gasteiger charge is -2.24. The number of nitrogens with one attached hydrogen (secondary N) is 1. The number of rotatable bonds is 2. The fourth-order valence-electron chi connectivity index (χ4n) is 2.74. The lowest BCUT2D eigenvalue weighted by molar-refractivity contribution is 0.386. The molecule has 19 heavy (non-hydrogen) atoms. The lowest BCUT2D eigenvalue weighted by atomic mass is 9.86. The summed E-state index contributed by atoms with van der Waals surface area (Å²) < 4.78 is 0. The summed E-state index contributed by atoms with van der Waals surface area (Å²) in [5.74, 6) is 2.53. The second kappa shape index (κ2) is 4.81. The molecule has 5 nitrogen and oxygen atoms in total. The molecule has 1 saturated carbocycles. The Morgan fingerprint density at radius 2 is 1.89 bits per heavy atom. The van der Waals surface area contributed by atoms with E-state index < -0.39 is 0 Å². The molecule has 1 fully saturated rings. The van der Waals surface area contributed by atoms with E-state index in [-0.39, 0.29) is 0 Å². The number of aromatic amines is 1. The Kier molecular flexibility index (Phi) is 3.14. The van der Waals surface area contributed by atoms with Crippen molar-refractivity contribution in [3.05, 3.63) is 18.0 Å². The minimum atomic E-state index is 0.374. The van der Waals surface area contributed by atoms with Crippen LogP contribution in [0.1, 0.15) is 37.4 Å². The Morgan fingerprint density at radius 1 is 1.16 bits per heavy atom. The van der Waals surface area contributed by atoms with Crippen LogP contribution < -0.4 is 10.6 Å². The van der Waals surface area contributed by atoms with Crippen molar-refractivity contribution in [3.63, 3.8) is 0 Å². The Hall–Kier alpha value is -1.62. The zero-order valence-corrected chi connectivity index (χ0v) is 11.6. The maximum Gasteiger partial charge on any atom is 0.179 e. The van der Waals surface area contributed by atoms with E-state index in [0.29, 0.717) is 12.0 Å². The molecule has 2 heterocycles. The highest BCUT2D eigenvalue weighted by molar-refractivity contribution is 5.73. The molecule has 2 aromatic rings. The lowest BCUT2D eigenvalue weighted by Crippen LogP contribution is -2.26. The quantitative estimate of drug-likeness (QED) is 0.865. The second-order valence-corrected chi connectivity index (χ2v) is 5.67. The van der Waals surface area contributed by atoms with Gasteiger partial charge in [0.15, 0.2) is 5.65 Å². The van der Waals surface area contributed by atoms with Gasteiger partial charge in [-0.15, -0.1) is 0 Å². The molecule has 0 unspecified atom stereocenters. The van der Waals surface area contributed by atoms with Crippen LogP contribution in [0.4, 0.5) is 5.82 Å². The third kappa shape index (κ3) is 2.42. The molecular formula is C14H21N5. The van der Waals surface area contributed by atoms with Gasteiger partial charge in [0.25, 0.3) is 0 Å². The number of fused-ring (bicyclic) bond motifs is 1. The maximum atomic E-state index is 5.95. The molecule has 0 radical (unpaired) electrons. The average Bonchev–Trinajstić information content (AvgIpc) is 2.82. The number of hydrogen-bond acceptors (Lipinski definition) is 4. The van der Waals surface area contributed by atoms with Gasteiger partial charge in [-0.1, -0.05) is 0 Å². The maximum absolute atomic E-state index is 5.95. The molecule has 5 heteroatoms. The number of nitrogens with zero attached hydrogens (tertiary/aromatic N) is 3. The van der Waals surface area contributed by atoms with Crippen molar-refractivity contribution in [3.8, 4) is 0 Å². The second-order valence-electron chi connectivity index (χ2n) is 5.67. The summed E-state index contributed by atoms with van der Waals surface area (Å²) in [6, 6.07) is 4.45. The van der Waals surface area contributed by atoms with E-state index in [1.54, 1.807) is 0 Å². The summed E-state index contributed by atoms with van der Waals surface area (Å²) in [5.41, 5.74) is 7.79. The molecule has 1 aliphatic rings. The highest BCUT2D eigenvalue weighted by atomic mass is 15.1. The van der Waals surface area contributed by atoms with Crippen LogP contribution in [0.2, 0.25) is 0 Å². The van der Waals surface area contributed by atoms with Gasteiger partial charge in [-0.2, -0.15) is 0 Å². The Labute approximate surface area is 113 Å². The number of nitrogens with two attached hydrogens (primary N) is 1. The van der Waals surface area contributed by atoms with Crippen molar-refractivity contribution < 1.29 is 0 Å². The molecule has 3 N–H and O–H groups in total. The van der Waals surface area contributed by atoms with Crippen LogP contribution >= 0.6 is 0 Å². The van der Waals surface area contributed by atoms with Crippen molar-refractivity contribution >= 4 is 17.0 Å². The minimum absolute atomic E-state index is 0.374. The van der Waals surface area contributed by atoms with Crippen LogP contribution in [0.15, 0.2) is 12.1 Å². The molecule has 0 saturated heterocycles. The van der Waals surface area contributed by atoms with E-state index >= 15 is 0 Å². The van der Waals surface area contributed by atoms with E-state index in [4.69, 9.17) is 5.73 Å². The molecule has 0 spiro atoms. The van der Waals surface area contributed by atoms with Crippen LogP contribution in [0, 0.1) is 0 Å². The number of H-pyrrole nitrogens is 1. The number of aromatic nitrogens is 3. The molecule has 0 bridgehead atoms. The van der Waals surface area contributed by atoms with Crippen LogP contribution in [-0.4, -0.2) is 35.1 Å². The predicted octanol–water partition coefficient (Wildman–Crippen LogP) is 2.01. The Balaban J connectivity index is 1.89. The van der Waals surface area contributed by atoms with Crippen molar-refractivity contribution in [2.45, 2.75) is 37.6 Å². The topological polar surface area (TPSA) is 70.8 Å². The zero-order valence-electron chi connectivity index (χ0n) is 11.6. The van der Waals surface area contributed by atoms with E-state index in [0.717, 1.165) is 48.5 Å². The zero-order chi connectivity index (χ0) is 13.4. The van der Waals surface area contributed by atoms with Crippen LogP contribution in [0.5, 0.6) is 0 Å². The summed E-state index contributed by atoms with van der Waals surface area (Å²) in [5, 5.41) is 0. The first-order valence-electron chi connectivity index (χ1n) is 6.93. The van der Waals surface area contributed by atoms with E-state index in [2.05, 4.69) is 21.0 Å². The standard InChI is InChI=1S/C14H21N5/c1-19(2)12-8-7-11-14(17-12)18-13(16-11)9-3-5-10(15)6-4-9/h7-10H,3-6,15H2,1-2H3,(H,16,17,18). The molecule has 1 aliphatic carbocycles. The Bertz CT molecular complexity index is 566. The van der Waals surface area contributed by atoms with Gasteiger partial charge in [0, 0.05) is 26.1 Å². The molecule has 0 atom stereocenters. The molecular weight excluding hydrogens is 238 g/mol. The van der Waals surface area contributed by atoms with Gasteiger partial charge in [0.05, 0.1) is 5.52 Å². The highest BCUT2D eigenvalue weighted by Crippen LogP contribution is 2.31. The minimum Gasteiger partial charge on any atom is -0.363 e. The molecule has 0 aliphatic heterocycles. The highest BCUT2D eigenvalue weighted by Gasteiger charge is 2.22. The van der Waals surface area contributed by atoms with Crippen molar-refractivity contribution in [1.82, 2.24) is 15.0 Å². The first kappa shape index (κ1) is 12.4. The van der Waals surface area contributed by atoms with E-state index in [9.17, 15) is 0 Å². The largest absolute Gasteiger partial charge is 0.363 e.